The van der Waals surface area contributed by atoms with Crippen LogP contribution in [0.4, 0.5) is 0 Å². The molecular weight excluding hydrogens is 312 g/mol. The summed E-state index contributed by atoms with van der Waals surface area (Å²) in [4.78, 5) is 2.61. The lowest BCUT2D eigenvalue weighted by Gasteiger charge is -2.36. The summed E-state index contributed by atoms with van der Waals surface area (Å²) in [5, 5.41) is 3.53. The Morgan fingerprint density at radius 2 is 2.20 bits per heavy atom. The summed E-state index contributed by atoms with van der Waals surface area (Å²) in [5.41, 5.74) is 3.10. The average Bonchev–Trinajstić information content (AvgIpc) is 2.47. The summed E-state index contributed by atoms with van der Waals surface area (Å²) in [6.07, 6.45) is 6.50. The van der Waals surface area contributed by atoms with Crippen LogP contribution < -0.4 is 5.32 Å². The quantitative estimate of drug-likeness (QED) is 0.911. The van der Waals surface area contributed by atoms with Gasteiger partial charge in [0.2, 0.25) is 0 Å². The van der Waals surface area contributed by atoms with Gasteiger partial charge in [-0.05, 0) is 81.4 Å². The van der Waals surface area contributed by atoms with Crippen LogP contribution in [0.25, 0.3) is 0 Å². The Morgan fingerprint density at radius 1 is 1.30 bits per heavy atom. The highest BCUT2D eigenvalue weighted by atomic mass is 79.9. The minimum atomic E-state index is 0.727. The molecule has 0 saturated carbocycles. The molecule has 1 aliphatic heterocycles. The van der Waals surface area contributed by atoms with Crippen molar-refractivity contribution in [2.75, 3.05) is 26.7 Å². The molecule has 0 radical (unpaired) electrons. The molecule has 1 fully saturated rings. The molecule has 3 heteroatoms. The Bertz CT molecular complexity index is 454. The molecule has 1 aromatic carbocycles. The molecule has 2 nitrogen and oxygen atoms in total. The second-order valence-corrected chi connectivity index (χ2v) is 7.38. The molecule has 2 unspecified atom stereocenters. The molecule has 110 valence electrons. The average molecular weight is 337 g/mol. The highest BCUT2D eigenvalue weighted by molar-refractivity contribution is 9.10. The van der Waals surface area contributed by atoms with E-state index in [0.717, 1.165) is 12.0 Å². The van der Waals surface area contributed by atoms with E-state index in [2.05, 4.69) is 51.4 Å². The molecule has 1 saturated heterocycles. The van der Waals surface area contributed by atoms with Crippen molar-refractivity contribution in [3.8, 4) is 0 Å². The van der Waals surface area contributed by atoms with Crippen LogP contribution in [0.1, 0.15) is 30.4 Å². The van der Waals surface area contributed by atoms with Gasteiger partial charge in [-0.15, -0.1) is 0 Å². The lowest BCUT2D eigenvalue weighted by Crippen LogP contribution is -2.43. The van der Waals surface area contributed by atoms with E-state index in [-0.39, 0.29) is 0 Å². The van der Waals surface area contributed by atoms with Gasteiger partial charge in [0.25, 0.3) is 0 Å². The Kier molecular flexibility index (Phi) is 4.79. The van der Waals surface area contributed by atoms with E-state index in [1.54, 1.807) is 11.1 Å². The third-order valence-electron chi connectivity index (χ3n) is 4.94. The Balaban J connectivity index is 1.59. The van der Waals surface area contributed by atoms with Crippen molar-refractivity contribution in [2.45, 2.75) is 38.1 Å². The van der Waals surface area contributed by atoms with Gasteiger partial charge in [0.1, 0.15) is 0 Å². The van der Waals surface area contributed by atoms with E-state index in [9.17, 15) is 0 Å². The first-order valence-corrected chi connectivity index (χ1v) is 8.70. The van der Waals surface area contributed by atoms with Crippen LogP contribution in [0.15, 0.2) is 22.7 Å². The van der Waals surface area contributed by atoms with E-state index in [1.807, 2.05) is 0 Å². The number of piperidine rings is 1. The first kappa shape index (κ1) is 14.6. The Hall–Kier alpha value is -0.380. The van der Waals surface area contributed by atoms with E-state index in [0.29, 0.717) is 0 Å². The second-order valence-electron chi connectivity index (χ2n) is 6.46. The predicted molar refractivity (Wildman–Crippen MR) is 88.2 cm³/mol. The Morgan fingerprint density at radius 3 is 3.00 bits per heavy atom. The Labute approximate surface area is 131 Å². The molecule has 1 aliphatic carbocycles. The monoisotopic (exact) mass is 336 g/mol. The SMILES string of the molecule is CN(CC1CCCNC1)C1CCc2cc(Br)ccc2C1. The largest absolute Gasteiger partial charge is 0.316 e. The molecule has 0 spiro atoms. The van der Waals surface area contributed by atoms with Crippen molar-refractivity contribution in [3.63, 3.8) is 0 Å². The van der Waals surface area contributed by atoms with E-state index >= 15 is 0 Å². The number of aryl methyl sites for hydroxylation is 1. The van der Waals surface area contributed by atoms with Crippen molar-refractivity contribution in [1.82, 2.24) is 10.2 Å². The summed E-state index contributed by atoms with van der Waals surface area (Å²) in [5.74, 6) is 0.847. The number of likely N-dealkylation sites (N-methyl/N-ethyl adjacent to an activating group) is 1. The number of hydrogen-bond donors (Lipinski definition) is 1. The smallest absolute Gasteiger partial charge is 0.0178 e. The molecular formula is C17H25BrN2. The van der Waals surface area contributed by atoms with Gasteiger partial charge in [0.05, 0.1) is 0 Å². The van der Waals surface area contributed by atoms with Crippen LogP contribution in [0, 0.1) is 5.92 Å². The summed E-state index contributed by atoms with van der Waals surface area (Å²) >= 11 is 3.58. The van der Waals surface area contributed by atoms with Gasteiger partial charge in [-0.1, -0.05) is 22.0 Å². The first-order chi connectivity index (χ1) is 9.72. The lowest BCUT2D eigenvalue weighted by molar-refractivity contribution is 0.175. The standard InChI is InChI=1S/C17H25BrN2/c1-20(12-13-3-2-8-19-11-13)17-7-5-14-9-16(18)6-4-15(14)10-17/h4,6,9,13,17,19H,2-3,5,7-8,10-12H2,1H3. The summed E-state index contributed by atoms with van der Waals surface area (Å²) < 4.78 is 1.22. The topological polar surface area (TPSA) is 15.3 Å². The van der Waals surface area contributed by atoms with Crippen molar-refractivity contribution < 1.29 is 0 Å². The number of rotatable bonds is 3. The van der Waals surface area contributed by atoms with E-state index < -0.39 is 0 Å². The van der Waals surface area contributed by atoms with Gasteiger partial charge in [-0.3, -0.25) is 0 Å². The number of hydrogen-bond acceptors (Lipinski definition) is 2. The van der Waals surface area contributed by atoms with E-state index in [4.69, 9.17) is 0 Å². The summed E-state index contributed by atoms with van der Waals surface area (Å²) in [7, 11) is 2.32. The van der Waals surface area contributed by atoms with Gasteiger partial charge in [-0.25, -0.2) is 0 Å². The van der Waals surface area contributed by atoms with Gasteiger partial charge in [0.15, 0.2) is 0 Å². The van der Waals surface area contributed by atoms with Crippen molar-refractivity contribution in [2.24, 2.45) is 5.92 Å². The zero-order valence-electron chi connectivity index (χ0n) is 12.4. The fraction of sp³-hybridized carbons (Fsp3) is 0.647. The summed E-state index contributed by atoms with van der Waals surface area (Å²) in [6.45, 7) is 3.68. The highest BCUT2D eigenvalue weighted by Crippen LogP contribution is 2.27. The summed E-state index contributed by atoms with van der Waals surface area (Å²) in [6, 6.07) is 7.52. The van der Waals surface area contributed by atoms with Crippen LogP contribution >= 0.6 is 15.9 Å². The predicted octanol–water partition coefficient (Wildman–Crippen LogP) is 3.24. The zero-order chi connectivity index (χ0) is 13.9. The maximum Gasteiger partial charge on any atom is 0.0178 e. The van der Waals surface area contributed by atoms with Crippen LogP contribution in [0.2, 0.25) is 0 Å². The fourth-order valence-electron chi connectivity index (χ4n) is 3.72. The minimum Gasteiger partial charge on any atom is -0.316 e. The number of nitrogens with zero attached hydrogens (tertiary/aromatic N) is 1. The molecule has 3 rings (SSSR count). The van der Waals surface area contributed by atoms with Gasteiger partial charge < -0.3 is 10.2 Å². The fourth-order valence-corrected chi connectivity index (χ4v) is 4.13. The number of halogens is 1. The van der Waals surface area contributed by atoms with Gasteiger partial charge in [0, 0.05) is 17.1 Å². The number of benzene rings is 1. The normalized spacial score (nSPS) is 26.6. The first-order valence-electron chi connectivity index (χ1n) is 7.90. The van der Waals surface area contributed by atoms with Crippen molar-refractivity contribution >= 4 is 15.9 Å². The highest BCUT2D eigenvalue weighted by Gasteiger charge is 2.24. The third kappa shape index (κ3) is 3.44. The maximum atomic E-state index is 3.58. The third-order valence-corrected chi connectivity index (χ3v) is 5.43. The van der Waals surface area contributed by atoms with Crippen molar-refractivity contribution in [3.05, 3.63) is 33.8 Å². The molecule has 1 N–H and O–H groups in total. The van der Waals surface area contributed by atoms with Crippen LogP contribution in [0.5, 0.6) is 0 Å². The molecule has 1 heterocycles. The molecule has 2 aliphatic rings. The van der Waals surface area contributed by atoms with Gasteiger partial charge in [-0.2, -0.15) is 0 Å². The molecule has 0 bridgehead atoms. The number of fused-ring (bicyclic) bond motifs is 1. The molecule has 2 atom stereocenters. The van der Waals surface area contributed by atoms with Gasteiger partial charge >= 0.3 is 0 Å². The number of nitrogens with one attached hydrogen (secondary N) is 1. The van der Waals surface area contributed by atoms with Crippen LogP contribution in [-0.2, 0) is 12.8 Å². The maximum absolute atomic E-state index is 3.58. The van der Waals surface area contributed by atoms with Crippen molar-refractivity contribution in [1.29, 1.82) is 0 Å². The van der Waals surface area contributed by atoms with Crippen LogP contribution in [-0.4, -0.2) is 37.6 Å². The second kappa shape index (κ2) is 6.59. The van der Waals surface area contributed by atoms with Crippen LogP contribution in [0.3, 0.4) is 0 Å². The minimum absolute atomic E-state index is 0.727. The molecule has 20 heavy (non-hydrogen) atoms. The van der Waals surface area contributed by atoms with E-state index in [1.165, 1.54) is 56.2 Å². The lowest BCUT2D eigenvalue weighted by atomic mass is 9.87. The molecule has 0 aromatic heterocycles. The zero-order valence-corrected chi connectivity index (χ0v) is 14.0. The molecule has 1 aromatic rings. The molecule has 0 amide bonds.